The van der Waals surface area contributed by atoms with Gasteiger partial charge < -0.3 is 20.1 Å². The number of hydrogen-bond donors (Lipinski definition) is 1. The fraction of sp³-hybridized carbons (Fsp3) is 0.929. The number of carbonyl (C=O) groups excluding carboxylic acids is 1. The van der Waals surface area contributed by atoms with Gasteiger partial charge in [0, 0.05) is 19.7 Å². The van der Waals surface area contributed by atoms with E-state index in [1.165, 1.54) is 0 Å². The first-order valence-electron chi connectivity index (χ1n) is 7.30. The van der Waals surface area contributed by atoms with Crippen molar-refractivity contribution >= 4 is 5.91 Å². The van der Waals surface area contributed by atoms with Crippen LogP contribution in [0.4, 0.5) is 0 Å². The van der Waals surface area contributed by atoms with Crippen molar-refractivity contribution in [2.75, 3.05) is 32.9 Å². The Hall–Kier alpha value is -0.650. The molecular weight excluding hydrogens is 244 g/mol. The summed E-state index contributed by atoms with van der Waals surface area (Å²) in [5.74, 6) is 0.260. The van der Waals surface area contributed by atoms with Crippen LogP contribution in [0.5, 0.6) is 0 Å². The Kier molecular flexibility index (Phi) is 7.34. The first-order chi connectivity index (χ1) is 9.06. The van der Waals surface area contributed by atoms with Gasteiger partial charge >= 0.3 is 0 Å². The average Bonchev–Trinajstić information content (AvgIpc) is 2.42. The average molecular weight is 272 g/mol. The van der Waals surface area contributed by atoms with Crippen molar-refractivity contribution in [3.8, 4) is 0 Å². The van der Waals surface area contributed by atoms with Crippen molar-refractivity contribution in [3.05, 3.63) is 0 Å². The zero-order valence-electron chi connectivity index (χ0n) is 12.4. The summed E-state index contributed by atoms with van der Waals surface area (Å²) in [6.07, 6.45) is 2.03. The van der Waals surface area contributed by atoms with Crippen LogP contribution in [0.3, 0.4) is 0 Å². The van der Waals surface area contributed by atoms with E-state index in [0.29, 0.717) is 13.2 Å². The number of nitrogens with two attached hydrogens (primary N) is 1. The summed E-state index contributed by atoms with van der Waals surface area (Å²) >= 11 is 0. The Morgan fingerprint density at radius 1 is 1.32 bits per heavy atom. The van der Waals surface area contributed by atoms with E-state index in [-0.39, 0.29) is 24.0 Å². The first kappa shape index (κ1) is 16.4. The quantitative estimate of drug-likeness (QED) is 0.703. The van der Waals surface area contributed by atoms with Gasteiger partial charge in [-0.2, -0.15) is 0 Å². The summed E-state index contributed by atoms with van der Waals surface area (Å²) in [6, 6.07) is -0.379. The minimum Gasteiger partial charge on any atom is -0.379 e. The van der Waals surface area contributed by atoms with Crippen molar-refractivity contribution in [2.45, 2.75) is 45.8 Å². The molecule has 1 amide bonds. The second-order valence-electron chi connectivity index (χ2n) is 5.36. The zero-order valence-corrected chi connectivity index (χ0v) is 12.4. The monoisotopic (exact) mass is 272 g/mol. The molecule has 0 saturated carbocycles. The molecule has 0 unspecified atom stereocenters. The minimum atomic E-state index is -0.379. The van der Waals surface area contributed by atoms with E-state index in [4.69, 9.17) is 15.2 Å². The van der Waals surface area contributed by atoms with Gasteiger partial charge in [0.1, 0.15) is 0 Å². The number of likely N-dealkylation sites (tertiary alicyclic amines) is 1. The van der Waals surface area contributed by atoms with Crippen molar-refractivity contribution in [3.63, 3.8) is 0 Å². The molecule has 5 nitrogen and oxygen atoms in total. The van der Waals surface area contributed by atoms with Crippen molar-refractivity contribution < 1.29 is 14.3 Å². The Morgan fingerprint density at radius 3 is 2.47 bits per heavy atom. The van der Waals surface area contributed by atoms with E-state index in [2.05, 4.69) is 0 Å². The summed E-state index contributed by atoms with van der Waals surface area (Å²) in [5, 5.41) is 0. The summed E-state index contributed by atoms with van der Waals surface area (Å²) in [5.41, 5.74) is 5.90. The third-order valence-corrected chi connectivity index (χ3v) is 3.54. The molecule has 19 heavy (non-hydrogen) atoms. The van der Waals surface area contributed by atoms with Crippen molar-refractivity contribution in [1.29, 1.82) is 0 Å². The van der Waals surface area contributed by atoms with E-state index in [1.807, 2.05) is 25.7 Å². The van der Waals surface area contributed by atoms with Gasteiger partial charge in [-0.25, -0.2) is 0 Å². The number of piperidine rings is 1. The molecule has 0 aromatic rings. The molecule has 0 spiro atoms. The normalized spacial score (nSPS) is 18.9. The molecule has 1 aliphatic heterocycles. The third kappa shape index (κ3) is 5.47. The molecule has 0 bridgehead atoms. The van der Waals surface area contributed by atoms with Crippen molar-refractivity contribution in [1.82, 2.24) is 4.90 Å². The highest BCUT2D eigenvalue weighted by Crippen LogP contribution is 2.15. The highest BCUT2D eigenvalue weighted by molar-refractivity contribution is 5.82. The van der Waals surface area contributed by atoms with Gasteiger partial charge in [0.2, 0.25) is 5.91 Å². The smallest absolute Gasteiger partial charge is 0.239 e. The molecule has 1 aliphatic rings. The fourth-order valence-electron chi connectivity index (χ4n) is 2.16. The van der Waals surface area contributed by atoms with Crippen LogP contribution in [0.25, 0.3) is 0 Å². The second-order valence-corrected chi connectivity index (χ2v) is 5.36. The summed E-state index contributed by atoms with van der Waals surface area (Å²) in [4.78, 5) is 14.0. The van der Waals surface area contributed by atoms with Crippen LogP contribution in [0.2, 0.25) is 0 Å². The van der Waals surface area contributed by atoms with E-state index in [0.717, 1.165) is 32.5 Å². The lowest BCUT2D eigenvalue weighted by Crippen LogP contribution is -2.50. The van der Waals surface area contributed by atoms with Gasteiger partial charge in [-0.1, -0.05) is 13.8 Å². The summed E-state index contributed by atoms with van der Waals surface area (Å²) < 4.78 is 11.0. The predicted molar refractivity (Wildman–Crippen MR) is 74.9 cm³/mol. The number of nitrogens with zero attached hydrogens (tertiary/aromatic N) is 1. The summed E-state index contributed by atoms with van der Waals surface area (Å²) in [7, 11) is 0. The largest absolute Gasteiger partial charge is 0.379 e. The molecule has 2 N–H and O–H groups in total. The number of amides is 1. The van der Waals surface area contributed by atoms with Gasteiger partial charge in [-0.3, -0.25) is 4.79 Å². The molecule has 5 heteroatoms. The molecule has 1 atom stereocenters. The fourth-order valence-corrected chi connectivity index (χ4v) is 2.16. The van der Waals surface area contributed by atoms with Gasteiger partial charge in [0.15, 0.2) is 0 Å². The molecular formula is C14H28N2O3. The lowest BCUT2D eigenvalue weighted by atomic mass is 10.0. The Balaban J connectivity index is 2.23. The maximum atomic E-state index is 12.1. The number of carbonyl (C=O) groups is 1. The van der Waals surface area contributed by atoms with Crippen LogP contribution in [0.1, 0.15) is 33.6 Å². The maximum absolute atomic E-state index is 12.1. The first-order valence-corrected chi connectivity index (χ1v) is 7.30. The maximum Gasteiger partial charge on any atom is 0.239 e. The SMILES string of the molecule is CCOCCOC1CCN(C(=O)[C@@H](N)C(C)C)CC1. The van der Waals surface area contributed by atoms with Crippen LogP contribution in [-0.2, 0) is 14.3 Å². The topological polar surface area (TPSA) is 64.8 Å². The molecule has 0 aromatic heterocycles. The Bertz CT molecular complexity index is 263. The zero-order chi connectivity index (χ0) is 14.3. The van der Waals surface area contributed by atoms with Gasteiger partial charge in [0.25, 0.3) is 0 Å². The highest BCUT2D eigenvalue weighted by atomic mass is 16.5. The number of hydrogen-bond acceptors (Lipinski definition) is 4. The Labute approximate surface area is 116 Å². The van der Waals surface area contributed by atoms with Crippen LogP contribution < -0.4 is 5.73 Å². The highest BCUT2D eigenvalue weighted by Gasteiger charge is 2.27. The molecule has 0 aliphatic carbocycles. The van der Waals surface area contributed by atoms with Crippen LogP contribution in [-0.4, -0.2) is 55.9 Å². The molecule has 112 valence electrons. The molecule has 1 heterocycles. The molecule has 1 saturated heterocycles. The third-order valence-electron chi connectivity index (χ3n) is 3.54. The van der Waals surface area contributed by atoms with Gasteiger partial charge in [0.05, 0.1) is 25.4 Å². The van der Waals surface area contributed by atoms with E-state index in [1.54, 1.807) is 0 Å². The lowest BCUT2D eigenvalue weighted by Gasteiger charge is -2.34. The van der Waals surface area contributed by atoms with E-state index < -0.39 is 0 Å². The number of rotatable bonds is 7. The van der Waals surface area contributed by atoms with Crippen LogP contribution in [0, 0.1) is 5.92 Å². The van der Waals surface area contributed by atoms with Gasteiger partial charge in [-0.15, -0.1) is 0 Å². The van der Waals surface area contributed by atoms with Crippen molar-refractivity contribution in [2.24, 2.45) is 11.7 Å². The van der Waals surface area contributed by atoms with E-state index >= 15 is 0 Å². The Morgan fingerprint density at radius 2 is 1.95 bits per heavy atom. The lowest BCUT2D eigenvalue weighted by molar-refractivity contribution is -0.136. The molecule has 1 fully saturated rings. The van der Waals surface area contributed by atoms with Gasteiger partial charge in [-0.05, 0) is 25.7 Å². The summed E-state index contributed by atoms with van der Waals surface area (Å²) in [6.45, 7) is 9.44. The minimum absolute atomic E-state index is 0.0720. The van der Waals surface area contributed by atoms with E-state index in [9.17, 15) is 4.79 Å². The molecule has 1 rings (SSSR count). The standard InChI is InChI=1S/C14H28N2O3/c1-4-18-9-10-19-12-5-7-16(8-6-12)14(17)13(15)11(2)3/h11-13H,4-10,15H2,1-3H3/t13-/m0/s1. The van der Waals surface area contributed by atoms with Crippen LogP contribution >= 0.6 is 0 Å². The molecule has 0 aromatic carbocycles. The predicted octanol–water partition coefficient (Wildman–Crippen LogP) is 1.01. The van der Waals surface area contributed by atoms with Crippen LogP contribution in [0.15, 0.2) is 0 Å². The molecule has 0 radical (unpaired) electrons. The second kappa shape index (κ2) is 8.51. The number of ether oxygens (including phenoxy) is 2.